The van der Waals surface area contributed by atoms with Crippen LogP contribution in [0.2, 0.25) is 0 Å². The number of rotatable bonds is 14. The van der Waals surface area contributed by atoms with Crippen molar-refractivity contribution >= 4 is 28.4 Å². The van der Waals surface area contributed by atoms with Gasteiger partial charge in [-0.25, -0.2) is 10.2 Å². The fourth-order valence-corrected chi connectivity index (χ4v) is 5.16. The van der Waals surface area contributed by atoms with Crippen molar-refractivity contribution < 1.29 is 20.2 Å². The summed E-state index contributed by atoms with van der Waals surface area (Å²) in [5.41, 5.74) is 4.03. The van der Waals surface area contributed by atoms with Gasteiger partial charge in [-0.3, -0.25) is 4.90 Å². The first kappa shape index (κ1) is 28.8. The van der Waals surface area contributed by atoms with Gasteiger partial charge in [0.2, 0.25) is 5.95 Å². The van der Waals surface area contributed by atoms with Crippen LogP contribution in [0.3, 0.4) is 0 Å². The van der Waals surface area contributed by atoms with Gasteiger partial charge in [0, 0.05) is 55.3 Å². The highest BCUT2D eigenvalue weighted by Gasteiger charge is 2.22. The topological polar surface area (TPSA) is 112 Å². The summed E-state index contributed by atoms with van der Waals surface area (Å²) < 4.78 is 11.1. The molecule has 1 aliphatic rings. The molecule has 0 spiro atoms. The minimum absolute atomic E-state index is 0.294. The third kappa shape index (κ3) is 7.48. The molecule has 10 nitrogen and oxygen atoms in total. The monoisotopic (exact) mass is 538 g/mol. The number of nitrogens with two attached hydrogens (primary N) is 1. The summed E-state index contributed by atoms with van der Waals surface area (Å²) in [4.78, 5) is 14.6. The molecule has 1 aromatic heterocycles. The molecular weight excluding hydrogens is 494 g/mol. The van der Waals surface area contributed by atoms with Crippen molar-refractivity contribution in [2.75, 3.05) is 64.1 Å². The van der Waals surface area contributed by atoms with Crippen molar-refractivity contribution in [3.05, 3.63) is 42.0 Å². The lowest BCUT2D eigenvalue weighted by molar-refractivity contribution is -0.826. The maximum Gasteiger partial charge on any atom is 0.225 e. The highest BCUT2D eigenvalue weighted by atomic mass is 16.5. The molecule has 1 saturated heterocycles. The first-order valence-corrected chi connectivity index (χ1v) is 14.0. The lowest BCUT2D eigenvalue weighted by Gasteiger charge is -2.33. The predicted octanol–water partition coefficient (Wildman–Crippen LogP) is 3.45. The summed E-state index contributed by atoms with van der Waals surface area (Å²) in [6.07, 6.45) is 3.01. The number of aromatic nitrogens is 2. The number of benzene rings is 2. The highest BCUT2D eigenvalue weighted by Crippen LogP contribution is 2.35. The number of para-hydroxylation sites is 1. The number of piperidine rings is 1. The van der Waals surface area contributed by atoms with Crippen molar-refractivity contribution in [3.8, 4) is 11.5 Å². The second kappa shape index (κ2) is 14.3. The smallest absolute Gasteiger partial charge is 0.225 e. The van der Waals surface area contributed by atoms with Crippen LogP contribution in [0.25, 0.3) is 10.9 Å². The Bertz CT molecular complexity index is 1200. The molecular formula is C29H44N7O3+. The van der Waals surface area contributed by atoms with Crippen LogP contribution in [-0.4, -0.2) is 84.5 Å². The van der Waals surface area contributed by atoms with Crippen molar-refractivity contribution in [1.82, 2.24) is 19.8 Å². The number of ether oxygens (including phenoxy) is 2. The van der Waals surface area contributed by atoms with E-state index in [-0.39, 0.29) is 0 Å². The van der Waals surface area contributed by atoms with E-state index in [2.05, 4.69) is 40.3 Å². The average Bonchev–Trinajstić information content (AvgIpc) is 2.97. The number of hydrogen-bond acceptors (Lipinski definition) is 9. The molecule has 212 valence electrons. The molecule has 1 fully saturated rings. The van der Waals surface area contributed by atoms with Gasteiger partial charge in [-0.2, -0.15) is 10.5 Å². The van der Waals surface area contributed by atoms with Gasteiger partial charge in [0.15, 0.2) is 17.2 Å². The molecule has 0 amide bonds. The summed E-state index contributed by atoms with van der Waals surface area (Å²) in [5, 5.41) is 17.6. The van der Waals surface area contributed by atoms with Crippen LogP contribution >= 0.6 is 0 Å². The Kier molecular flexibility index (Phi) is 10.5. The molecule has 2 heterocycles. The van der Waals surface area contributed by atoms with E-state index in [1.165, 1.54) is 5.48 Å². The van der Waals surface area contributed by atoms with Gasteiger partial charge >= 0.3 is 0 Å². The quantitative estimate of drug-likeness (QED) is 0.139. The zero-order valence-corrected chi connectivity index (χ0v) is 23.7. The van der Waals surface area contributed by atoms with Gasteiger partial charge in [-0.05, 0) is 45.0 Å². The van der Waals surface area contributed by atoms with Crippen LogP contribution in [0, 0.1) is 0 Å². The minimum Gasteiger partial charge on any atom is -0.493 e. The molecule has 0 aliphatic carbocycles. The predicted molar refractivity (Wildman–Crippen MR) is 155 cm³/mol. The highest BCUT2D eigenvalue weighted by molar-refractivity contribution is 5.92. The van der Waals surface area contributed by atoms with E-state index < -0.39 is 0 Å². The SMILES string of the molecule is CCN(CC)CCCNc1nc(NC2CCN(Cc3ccccc3[NH2+]O)CC2)c2cc(OC)c(OC)cc2n1. The van der Waals surface area contributed by atoms with E-state index in [9.17, 15) is 5.21 Å². The Morgan fingerprint density at radius 3 is 2.46 bits per heavy atom. The fourth-order valence-electron chi connectivity index (χ4n) is 5.16. The van der Waals surface area contributed by atoms with Gasteiger partial charge in [-0.15, -0.1) is 0 Å². The number of likely N-dealkylation sites (tertiary alicyclic amines) is 1. The molecule has 0 saturated carbocycles. The third-order valence-electron chi connectivity index (χ3n) is 7.55. The average molecular weight is 539 g/mol. The lowest BCUT2D eigenvalue weighted by Crippen LogP contribution is -2.74. The zero-order valence-electron chi connectivity index (χ0n) is 23.7. The maximum atomic E-state index is 9.56. The van der Waals surface area contributed by atoms with Crippen molar-refractivity contribution in [2.45, 2.75) is 45.7 Å². The summed E-state index contributed by atoms with van der Waals surface area (Å²) in [5.74, 6) is 2.73. The van der Waals surface area contributed by atoms with E-state index in [1.807, 2.05) is 30.3 Å². The Hall–Kier alpha value is -3.18. The first-order chi connectivity index (χ1) is 19.1. The molecule has 10 heteroatoms. The number of fused-ring (bicyclic) bond motifs is 1. The Labute approximate surface area is 231 Å². The van der Waals surface area contributed by atoms with E-state index in [4.69, 9.17) is 19.4 Å². The number of nitrogens with zero attached hydrogens (tertiary/aromatic N) is 4. The summed E-state index contributed by atoms with van der Waals surface area (Å²) >= 11 is 0. The summed E-state index contributed by atoms with van der Waals surface area (Å²) in [6.45, 7) is 11.1. The normalized spacial score (nSPS) is 14.6. The van der Waals surface area contributed by atoms with Crippen LogP contribution in [0.5, 0.6) is 11.5 Å². The molecule has 0 radical (unpaired) electrons. The van der Waals surface area contributed by atoms with Crippen LogP contribution in [0.15, 0.2) is 36.4 Å². The maximum absolute atomic E-state index is 9.56. The summed E-state index contributed by atoms with van der Waals surface area (Å²) in [7, 11) is 3.28. The second-order valence-corrected chi connectivity index (χ2v) is 9.95. The largest absolute Gasteiger partial charge is 0.493 e. The number of methoxy groups -OCH3 is 2. The third-order valence-corrected chi connectivity index (χ3v) is 7.55. The zero-order chi connectivity index (χ0) is 27.6. The molecule has 0 bridgehead atoms. The fraction of sp³-hybridized carbons (Fsp3) is 0.517. The minimum atomic E-state index is 0.294. The van der Waals surface area contributed by atoms with E-state index in [0.29, 0.717) is 23.5 Å². The van der Waals surface area contributed by atoms with Crippen LogP contribution in [0.1, 0.15) is 38.7 Å². The van der Waals surface area contributed by atoms with Gasteiger partial charge in [0.1, 0.15) is 5.82 Å². The molecule has 0 atom stereocenters. The van der Waals surface area contributed by atoms with E-state index >= 15 is 0 Å². The van der Waals surface area contributed by atoms with Gasteiger partial charge in [-0.1, -0.05) is 32.0 Å². The Morgan fingerprint density at radius 1 is 1.05 bits per heavy atom. The van der Waals surface area contributed by atoms with E-state index in [0.717, 1.165) is 93.0 Å². The van der Waals surface area contributed by atoms with Gasteiger partial charge in [0.05, 0.1) is 19.7 Å². The van der Waals surface area contributed by atoms with Crippen molar-refractivity contribution in [2.24, 2.45) is 0 Å². The van der Waals surface area contributed by atoms with Crippen LogP contribution in [-0.2, 0) is 6.54 Å². The van der Waals surface area contributed by atoms with E-state index in [1.54, 1.807) is 14.2 Å². The Morgan fingerprint density at radius 2 is 1.77 bits per heavy atom. The van der Waals surface area contributed by atoms with Crippen molar-refractivity contribution in [3.63, 3.8) is 0 Å². The Balaban J connectivity index is 1.47. The molecule has 0 unspecified atom stereocenters. The van der Waals surface area contributed by atoms with Crippen molar-refractivity contribution in [1.29, 1.82) is 0 Å². The van der Waals surface area contributed by atoms with Crippen LogP contribution < -0.4 is 25.6 Å². The molecule has 1 aliphatic heterocycles. The molecule has 3 aromatic rings. The number of hydrogen-bond donors (Lipinski definition) is 4. The summed E-state index contributed by atoms with van der Waals surface area (Å²) in [6, 6.07) is 12.2. The molecule has 2 aromatic carbocycles. The lowest BCUT2D eigenvalue weighted by atomic mass is 10.0. The molecule has 5 N–H and O–H groups in total. The van der Waals surface area contributed by atoms with Gasteiger partial charge in [0.25, 0.3) is 0 Å². The molecule has 4 rings (SSSR count). The number of nitrogens with one attached hydrogen (secondary N) is 2. The number of anilines is 2. The molecule has 39 heavy (non-hydrogen) atoms. The first-order valence-electron chi connectivity index (χ1n) is 14.0. The van der Waals surface area contributed by atoms with Gasteiger partial charge < -0.3 is 25.0 Å². The standard InChI is InChI=1S/C29H43N7O3/c1-5-35(6-2)15-9-14-30-29-32-25-19-27(39-4)26(38-3)18-23(25)28(33-29)31-22-12-16-36(17-13-22)20-21-10-7-8-11-24(21)34-37/h7-8,10-11,18-19,22,34,37H,5-6,9,12-17,20H2,1-4H3,(H2,30,31,32,33)/p+1. The second-order valence-electron chi connectivity index (χ2n) is 9.95. The number of quaternary nitrogens is 1. The van der Waals surface area contributed by atoms with Crippen LogP contribution in [0.4, 0.5) is 17.5 Å².